The summed E-state index contributed by atoms with van der Waals surface area (Å²) in [5, 5.41) is 7.72. The quantitative estimate of drug-likeness (QED) is 0.571. The van der Waals surface area contributed by atoms with Crippen LogP contribution in [0.3, 0.4) is 0 Å². The Morgan fingerprint density at radius 2 is 2.67 bits per heavy atom. The van der Waals surface area contributed by atoms with Crippen molar-refractivity contribution in [2.75, 3.05) is 0 Å². The van der Waals surface area contributed by atoms with Crippen LogP contribution in [0.4, 0.5) is 0 Å². The zero-order valence-corrected chi connectivity index (χ0v) is 6.37. The van der Waals surface area contributed by atoms with Gasteiger partial charge < -0.3 is 4.57 Å². The number of rotatable bonds is 0. The van der Waals surface area contributed by atoms with Crippen molar-refractivity contribution >= 4 is 15.9 Å². The molecular weight excluding hydrogens is 182 g/mol. The van der Waals surface area contributed by atoms with Crippen molar-refractivity contribution in [1.29, 1.82) is 0 Å². The first-order valence-corrected chi connectivity index (χ1v) is 3.81. The van der Waals surface area contributed by atoms with Gasteiger partial charge in [0.15, 0.2) is 0 Å². The lowest BCUT2D eigenvalue weighted by atomic mass is 10.4. The lowest BCUT2D eigenvalue weighted by Gasteiger charge is -1.90. The molecule has 0 radical (unpaired) electrons. The van der Waals surface area contributed by atoms with Gasteiger partial charge in [0, 0.05) is 6.54 Å². The van der Waals surface area contributed by atoms with Crippen LogP contribution < -0.4 is 0 Å². The zero-order chi connectivity index (χ0) is 6.27. The summed E-state index contributed by atoms with van der Waals surface area (Å²) >= 11 is 3.49. The lowest BCUT2D eigenvalue weighted by molar-refractivity contribution is 0.739. The van der Waals surface area contributed by atoms with Crippen molar-refractivity contribution in [2.24, 2.45) is 0 Å². The molecule has 0 unspecified atom stereocenters. The van der Waals surface area contributed by atoms with Crippen molar-refractivity contribution in [3.05, 3.63) is 12.2 Å². The fraction of sp³-hybridized carbons (Fsp3) is 0.600. The number of nitrogens with zero attached hydrogens (tertiary/aromatic N) is 3. The van der Waals surface area contributed by atoms with E-state index in [1.54, 1.807) is 6.33 Å². The molecular formula is C5H6BrN3. The highest BCUT2D eigenvalue weighted by molar-refractivity contribution is 9.09. The molecule has 0 saturated carbocycles. The van der Waals surface area contributed by atoms with Gasteiger partial charge in [-0.25, -0.2) is 0 Å². The van der Waals surface area contributed by atoms with Crippen LogP contribution in [0, 0.1) is 0 Å². The SMILES string of the molecule is Br[C@H]1CCn2cnnc21. The first kappa shape index (κ1) is 5.41. The Hall–Kier alpha value is -0.380. The summed E-state index contributed by atoms with van der Waals surface area (Å²) in [5.41, 5.74) is 0. The molecule has 1 aliphatic rings. The third-order valence-electron chi connectivity index (χ3n) is 1.55. The summed E-state index contributed by atoms with van der Waals surface area (Å²) < 4.78 is 2.07. The highest BCUT2D eigenvalue weighted by atomic mass is 79.9. The number of alkyl halides is 1. The van der Waals surface area contributed by atoms with Crippen molar-refractivity contribution in [1.82, 2.24) is 14.8 Å². The van der Waals surface area contributed by atoms with Gasteiger partial charge in [-0.15, -0.1) is 10.2 Å². The standard InChI is InChI=1S/C5H6BrN3/c6-4-1-2-9-3-7-8-5(4)9/h3-4H,1-2H2/t4-/m0/s1. The highest BCUT2D eigenvalue weighted by Crippen LogP contribution is 2.30. The summed E-state index contributed by atoms with van der Waals surface area (Å²) in [7, 11) is 0. The Labute approximate surface area is 61.2 Å². The third kappa shape index (κ3) is 0.694. The molecule has 4 heteroatoms. The number of aromatic nitrogens is 3. The first-order valence-electron chi connectivity index (χ1n) is 2.89. The normalized spacial score (nSPS) is 24.3. The fourth-order valence-corrected chi connectivity index (χ4v) is 1.62. The van der Waals surface area contributed by atoms with Gasteiger partial charge >= 0.3 is 0 Å². The fourth-order valence-electron chi connectivity index (χ4n) is 1.06. The van der Waals surface area contributed by atoms with E-state index in [-0.39, 0.29) is 0 Å². The van der Waals surface area contributed by atoms with Gasteiger partial charge in [0.1, 0.15) is 12.2 Å². The Balaban J connectivity index is 2.49. The van der Waals surface area contributed by atoms with E-state index < -0.39 is 0 Å². The smallest absolute Gasteiger partial charge is 0.146 e. The van der Waals surface area contributed by atoms with E-state index in [2.05, 4.69) is 30.7 Å². The second-order valence-electron chi connectivity index (χ2n) is 2.14. The number of aryl methyl sites for hydroxylation is 1. The van der Waals surface area contributed by atoms with Crippen LogP contribution in [0.5, 0.6) is 0 Å². The average molecular weight is 188 g/mol. The lowest BCUT2D eigenvalue weighted by Crippen LogP contribution is -1.88. The Morgan fingerprint density at radius 3 is 3.44 bits per heavy atom. The van der Waals surface area contributed by atoms with E-state index in [0.717, 1.165) is 18.8 Å². The minimum atomic E-state index is 0.431. The molecule has 0 aliphatic carbocycles. The topological polar surface area (TPSA) is 30.7 Å². The molecule has 0 amide bonds. The zero-order valence-electron chi connectivity index (χ0n) is 4.79. The maximum Gasteiger partial charge on any atom is 0.146 e. The molecule has 9 heavy (non-hydrogen) atoms. The van der Waals surface area contributed by atoms with Crippen molar-refractivity contribution in [2.45, 2.75) is 17.8 Å². The van der Waals surface area contributed by atoms with Crippen molar-refractivity contribution in [3.63, 3.8) is 0 Å². The Morgan fingerprint density at radius 1 is 1.78 bits per heavy atom. The number of halogens is 1. The molecule has 3 nitrogen and oxygen atoms in total. The second kappa shape index (κ2) is 1.80. The number of fused-ring (bicyclic) bond motifs is 1. The molecule has 0 saturated heterocycles. The first-order chi connectivity index (χ1) is 4.38. The minimum Gasteiger partial charge on any atom is -0.317 e. The van der Waals surface area contributed by atoms with Crippen LogP contribution in [0.25, 0.3) is 0 Å². The molecule has 1 aromatic heterocycles. The maximum absolute atomic E-state index is 3.94. The van der Waals surface area contributed by atoms with Gasteiger partial charge in [-0.3, -0.25) is 0 Å². The van der Waals surface area contributed by atoms with Crippen LogP contribution in [-0.4, -0.2) is 14.8 Å². The highest BCUT2D eigenvalue weighted by Gasteiger charge is 2.20. The van der Waals surface area contributed by atoms with Crippen LogP contribution in [-0.2, 0) is 6.54 Å². The van der Waals surface area contributed by atoms with Gasteiger partial charge in [-0.05, 0) is 6.42 Å². The monoisotopic (exact) mass is 187 g/mol. The predicted molar refractivity (Wildman–Crippen MR) is 36.3 cm³/mol. The molecule has 2 rings (SSSR count). The largest absolute Gasteiger partial charge is 0.317 e. The van der Waals surface area contributed by atoms with Gasteiger partial charge in [0.25, 0.3) is 0 Å². The molecule has 2 heterocycles. The van der Waals surface area contributed by atoms with E-state index in [1.165, 1.54) is 0 Å². The summed E-state index contributed by atoms with van der Waals surface area (Å²) in [6, 6.07) is 0. The molecule has 1 aliphatic heterocycles. The maximum atomic E-state index is 3.94. The van der Waals surface area contributed by atoms with Crippen LogP contribution in [0.2, 0.25) is 0 Å². The van der Waals surface area contributed by atoms with Crippen LogP contribution >= 0.6 is 15.9 Å². The molecule has 1 aromatic rings. The number of hydrogen-bond acceptors (Lipinski definition) is 2. The molecule has 0 spiro atoms. The van der Waals surface area contributed by atoms with Crippen molar-refractivity contribution < 1.29 is 0 Å². The molecule has 1 atom stereocenters. The second-order valence-corrected chi connectivity index (χ2v) is 3.24. The van der Waals surface area contributed by atoms with Gasteiger partial charge in [0.2, 0.25) is 0 Å². The molecule has 0 aromatic carbocycles. The van der Waals surface area contributed by atoms with Gasteiger partial charge in [0.05, 0.1) is 4.83 Å². The van der Waals surface area contributed by atoms with E-state index >= 15 is 0 Å². The Kier molecular flexibility index (Phi) is 1.08. The van der Waals surface area contributed by atoms with E-state index in [0.29, 0.717) is 4.83 Å². The average Bonchev–Trinajstić information content (AvgIpc) is 2.35. The van der Waals surface area contributed by atoms with E-state index in [1.807, 2.05) is 0 Å². The predicted octanol–water partition coefficient (Wildman–Crippen LogP) is 1.12. The third-order valence-corrected chi connectivity index (χ3v) is 2.42. The van der Waals surface area contributed by atoms with E-state index in [4.69, 9.17) is 0 Å². The summed E-state index contributed by atoms with van der Waals surface area (Å²) in [5.74, 6) is 1.06. The van der Waals surface area contributed by atoms with Gasteiger partial charge in [-0.1, -0.05) is 15.9 Å². The summed E-state index contributed by atoms with van der Waals surface area (Å²) in [6.07, 6.45) is 2.92. The number of hydrogen-bond donors (Lipinski definition) is 0. The minimum absolute atomic E-state index is 0.431. The Bertz CT molecular complexity index is 220. The molecule has 0 fully saturated rings. The summed E-state index contributed by atoms with van der Waals surface area (Å²) in [4.78, 5) is 0.431. The molecule has 0 bridgehead atoms. The molecule has 0 N–H and O–H groups in total. The van der Waals surface area contributed by atoms with E-state index in [9.17, 15) is 0 Å². The summed E-state index contributed by atoms with van der Waals surface area (Å²) in [6.45, 7) is 1.05. The van der Waals surface area contributed by atoms with Crippen LogP contribution in [0.15, 0.2) is 6.33 Å². The molecule has 48 valence electrons. The van der Waals surface area contributed by atoms with Gasteiger partial charge in [-0.2, -0.15) is 0 Å². The van der Waals surface area contributed by atoms with Crippen molar-refractivity contribution in [3.8, 4) is 0 Å². The van der Waals surface area contributed by atoms with Crippen LogP contribution in [0.1, 0.15) is 17.1 Å².